The van der Waals surface area contributed by atoms with Crippen molar-refractivity contribution >= 4 is 55.8 Å². The smallest absolute Gasteiger partial charge is 0.341 e. The van der Waals surface area contributed by atoms with Crippen LogP contribution in [-0.2, 0) is 14.8 Å². The Bertz CT molecular complexity index is 1530. The SMILES string of the molecule is CCOC(=O)c1cnc2c(C)cc(Cl)cc2c1Nc1ccc(S(=O)(=O)Nc2nccc(C)n2)cc1. The topological polar surface area (TPSA) is 123 Å². The van der Waals surface area contributed by atoms with Crippen LogP contribution in [0.2, 0.25) is 5.02 Å². The number of ether oxygens (including phenoxy) is 1. The fourth-order valence-corrected chi connectivity index (χ4v) is 4.70. The van der Waals surface area contributed by atoms with Crippen LogP contribution in [0.3, 0.4) is 0 Å². The first-order chi connectivity index (χ1) is 16.7. The van der Waals surface area contributed by atoms with Gasteiger partial charge in [0.25, 0.3) is 10.0 Å². The van der Waals surface area contributed by atoms with Crippen LogP contribution < -0.4 is 10.0 Å². The number of rotatable bonds is 7. The molecule has 0 unspecified atom stereocenters. The number of pyridine rings is 1. The molecule has 0 bridgehead atoms. The fraction of sp³-hybridized carbons (Fsp3) is 0.167. The lowest BCUT2D eigenvalue weighted by molar-refractivity contribution is 0.0527. The summed E-state index contributed by atoms with van der Waals surface area (Å²) in [6.45, 7) is 5.53. The standard InChI is InChI=1S/C24H22ClN5O4S/c1-4-34-23(31)20-13-27-21-14(2)11-16(25)12-19(21)22(20)29-17-5-7-18(8-6-17)35(32,33)30-24-26-10-9-15(3)28-24/h5-13H,4H2,1-3H3,(H,27,29)(H,26,28,30). The highest BCUT2D eigenvalue weighted by Crippen LogP contribution is 2.33. The predicted molar refractivity (Wildman–Crippen MR) is 135 cm³/mol. The molecule has 9 nitrogen and oxygen atoms in total. The Balaban J connectivity index is 1.69. The third-order valence-electron chi connectivity index (χ3n) is 5.08. The maximum atomic E-state index is 12.8. The van der Waals surface area contributed by atoms with Crippen LogP contribution in [-0.4, -0.2) is 35.9 Å². The number of carbonyl (C=O) groups excluding carboxylic acids is 1. The molecule has 0 aliphatic carbocycles. The van der Waals surface area contributed by atoms with Crippen LogP contribution in [0.5, 0.6) is 0 Å². The lowest BCUT2D eigenvalue weighted by atomic mass is 10.1. The second-order valence-electron chi connectivity index (χ2n) is 7.66. The monoisotopic (exact) mass is 511 g/mol. The van der Waals surface area contributed by atoms with Crippen molar-refractivity contribution in [1.29, 1.82) is 0 Å². The van der Waals surface area contributed by atoms with Gasteiger partial charge in [-0.25, -0.2) is 27.9 Å². The van der Waals surface area contributed by atoms with Crippen LogP contribution in [0.1, 0.15) is 28.5 Å². The zero-order valence-electron chi connectivity index (χ0n) is 19.2. The summed E-state index contributed by atoms with van der Waals surface area (Å²) in [6.07, 6.45) is 2.93. The van der Waals surface area contributed by atoms with E-state index < -0.39 is 16.0 Å². The molecule has 0 atom stereocenters. The summed E-state index contributed by atoms with van der Waals surface area (Å²) < 4.78 is 33.1. The number of anilines is 3. The van der Waals surface area contributed by atoms with Gasteiger partial charge in [-0.3, -0.25) is 4.98 Å². The minimum absolute atomic E-state index is 0.0122. The highest BCUT2D eigenvalue weighted by atomic mass is 35.5. The molecule has 0 amide bonds. The number of aryl methyl sites for hydroxylation is 2. The van der Waals surface area contributed by atoms with Gasteiger partial charge in [0.1, 0.15) is 5.56 Å². The van der Waals surface area contributed by atoms with Gasteiger partial charge in [-0.15, -0.1) is 0 Å². The number of benzene rings is 2. The normalized spacial score (nSPS) is 11.3. The van der Waals surface area contributed by atoms with Crippen LogP contribution >= 0.6 is 11.6 Å². The molecule has 4 rings (SSSR count). The highest BCUT2D eigenvalue weighted by molar-refractivity contribution is 7.92. The molecule has 35 heavy (non-hydrogen) atoms. The molecule has 4 aromatic rings. The Morgan fingerprint density at radius 3 is 2.51 bits per heavy atom. The Kier molecular flexibility index (Phi) is 6.86. The Hall–Kier alpha value is -3.76. The van der Waals surface area contributed by atoms with E-state index in [9.17, 15) is 13.2 Å². The molecule has 0 spiro atoms. The van der Waals surface area contributed by atoms with Crippen molar-refractivity contribution in [1.82, 2.24) is 15.0 Å². The lowest BCUT2D eigenvalue weighted by Crippen LogP contribution is -2.15. The molecular formula is C24H22ClN5O4S. The minimum Gasteiger partial charge on any atom is -0.462 e. The molecule has 0 aliphatic heterocycles. The van der Waals surface area contributed by atoms with E-state index in [1.807, 2.05) is 6.92 Å². The van der Waals surface area contributed by atoms with Gasteiger partial charge < -0.3 is 10.1 Å². The van der Waals surface area contributed by atoms with Gasteiger partial charge in [0, 0.05) is 34.2 Å². The number of halogens is 1. The summed E-state index contributed by atoms with van der Waals surface area (Å²) in [5.74, 6) is -0.551. The zero-order valence-corrected chi connectivity index (χ0v) is 20.7. The van der Waals surface area contributed by atoms with Gasteiger partial charge in [-0.1, -0.05) is 11.6 Å². The van der Waals surface area contributed by atoms with Crippen LogP contribution in [0, 0.1) is 13.8 Å². The Morgan fingerprint density at radius 2 is 1.83 bits per heavy atom. The maximum absolute atomic E-state index is 12.8. The molecule has 0 saturated carbocycles. The first-order valence-electron chi connectivity index (χ1n) is 10.6. The first kappa shape index (κ1) is 24.4. The molecule has 0 saturated heterocycles. The van der Waals surface area contributed by atoms with Gasteiger partial charge in [-0.05, 0) is 68.8 Å². The molecule has 0 fully saturated rings. The summed E-state index contributed by atoms with van der Waals surface area (Å²) in [4.78, 5) is 25.1. The third kappa shape index (κ3) is 5.33. The number of esters is 1. The number of aromatic nitrogens is 3. The third-order valence-corrected chi connectivity index (χ3v) is 6.64. The van der Waals surface area contributed by atoms with E-state index in [1.165, 1.54) is 24.5 Å². The Labute approximate surface area is 207 Å². The maximum Gasteiger partial charge on any atom is 0.341 e. The number of nitrogens with zero attached hydrogens (tertiary/aromatic N) is 3. The average Bonchev–Trinajstić information content (AvgIpc) is 2.79. The molecule has 0 radical (unpaired) electrons. The molecule has 2 heterocycles. The second kappa shape index (κ2) is 9.85. The number of hydrogen-bond donors (Lipinski definition) is 2. The van der Waals surface area contributed by atoms with E-state index in [0.717, 1.165) is 5.56 Å². The van der Waals surface area contributed by atoms with Gasteiger partial charge in [0.15, 0.2) is 0 Å². The lowest BCUT2D eigenvalue weighted by Gasteiger charge is -2.16. The number of fused-ring (bicyclic) bond motifs is 1. The van der Waals surface area contributed by atoms with Crippen LogP contribution in [0.4, 0.5) is 17.3 Å². The highest BCUT2D eigenvalue weighted by Gasteiger charge is 2.20. The molecule has 2 N–H and O–H groups in total. The summed E-state index contributed by atoms with van der Waals surface area (Å²) in [7, 11) is -3.90. The number of hydrogen-bond acceptors (Lipinski definition) is 8. The van der Waals surface area contributed by atoms with Crippen LogP contribution in [0.25, 0.3) is 10.9 Å². The van der Waals surface area contributed by atoms with Crippen molar-refractivity contribution in [2.45, 2.75) is 25.7 Å². The minimum atomic E-state index is -3.90. The number of sulfonamides is 1. The summed E-state index contributed by atoms with van der Waals surface area (Å²) in [6, 6.07) is 11.2. The number of nitrogens with one attached hydrogen (secondary N) is 2. The molecule has 2 aromatic heterocycles. The van der Waals surface area contributed by atoms with Crippen molar-refractivity contribution in [2.24, 2.45) is 0 Å². The van der Waals surface area contributed by atoms with E-state index in [1.54, 1.807) is 44.2 Å². The zero-order chi connectivity index (χ0) is 25.2. The van der Waals surface area contributed by atoms with E-state index in [4.69, 9.17) is 16.3 Å². The number of carbonyl (C=O) groups is 1. The van der Waals surface area contributed by atoms with Crippen molar-refractivity contribution in [2.75, 3.05) is 16.6 Å². The van der Waals surface area contributed by atoms with Crippen molar-refractivity contribution in [3.05, 3.63) is 76.7 Å². The van der Waals surface area contributed by atoms with Crippen LogP contribution in [0.15, 0.2) is 59.8 Å². The van der Waals surface area contributed by atoms with Crippen molar-refractivity contribution in [3.8, 4) is 0 Å². The second-order valence-corrected chi connectivity index (χ2v) is 9.78. The average molecular weight is 512 g/mol. The molecule has 2 aromatic carbocycles. The van der Waals surface area contributed by atoms with E-state index in [0.29, 0.717) is 33.0 Å². The van der Waals surface area contributed by atoms with Gasteiger partial charge in [0.2, 0.25) is 5.95 Å². The largest absolute Gasteiger partial charge is 0.462 e. The van der Waals surface area contributed by atoms with Gasteiger partial charge >= 0.3 is 5.97 Å². The van der Waals surface area contributed by atoms with Gasteiger partial charge in [0.05, 0.1) is 22.7 Å². The van der Waals surface area contributed by atoms with Crippen molar-refractivity contribution in [3.63, 3.8) is 0 Å². The molecule has 180 valence electrons. The van der Waals surface area contributed by atoms with E-state index >= 15 is 0 Å². The summed E-state index contributed by atoms with van der Waals surface area (Å²) >= 11 is 6.28. The fourth-order valence-electron chi connectivity index (χ4n) is 3.47. The Morgan fingerprint density at radius 1 is 1.09 bits per heavy atom. The van der Waals surface area contributed by atoms with Gasteiger partial charge in [-0.2, -0.15) is 0 Å². The molecule has 11 heteroatoms. The summed E-state index contributed by atoms with van der Waals surface area (Å²) in [5, 5.41) is 4.33. The molecule has 0 aliphatic rings. The van der Waals surface area contributed by atoms with E-state index in [2.05, 4.69) is 25.0 Å². The first-order valence-corrected chi connectivity index (χ1v) is 12.5. The van der Waals surface area contributed by atoms with Crippen molar-refractivity contribution < 1.29 is 17.9 Å². The quantitative estimate of drug-likeness (QED) is 0.332. The van der Waals surface area contributed by atoms with E-state index in [-0.39, 0.29) is 23.0 Å². The molecular weight excluding hydrogens is 490 g/mol. The summed E-state index contributed by atoms with van der Waals surface area (Å²) in [5.41, 5.74) is 3.39. The predicted octanol–water partition coefficient (Wildman–Crippen LogP) is 5.02.